The second-order valence-electron chi connectivity index (χ2n) is 7.20. The van der Waals surface area contributed by atoms with Crippen molar-refractivity contribution in [1.82, 2.24) is 5.32 Å². The van der Waals surface area contributed by atoms with Crippen LogP contribution in [0.3, 0.4) is 0 Å². The van der Waals surface area contributed by atoms with E-state index in [2.05, 4.69) is 5.32 Å². The largest absolute Gasteiger partial charge is 0.351 e. The van der Waals surface area contributed by atoms with Crippen LogP contribution < -0.4 is 9.62 Å². The van der Waals surface area contributed by atoms with Crippen molar-refractivity contribution in [2.45, 2.75) is 6.42 Å². The third-order valence-corrected chi connectivity index (χ3v) is 7.28. The first-order valence-electron chi connectivity index (χ1n) is 9.80. The van der Waals surface area contributed by atoms with E-state index in [4.69, 9.17) is 11.6 Å². The maximum absolute atomic E-state index is 13.4. The zero-order valence-corrected chi connectivity index (χ0v) is 18.5. The van der Waals surface area contributed by atoms with Crippen LogP contribution in [0.2, 0.25) is 5.02 Å². The molecule has 0 unspecified atom stereocenters. The van der Waals surface area contributed by atoms with Crippen LogP contribution in [0.1, 0.15) is 16.7 Å². The molecule has 158 valence electrons. The van der Waals surface area contributed by atoms with Crippen molar-refractivity contribution < 1.29 is 13.2 Å². The monoisotopic (exact) mass is 452 g/mol. The van der Waals surface area contributed by atoms with Gasteiger partial charge in [-0.25, -0.2) is 8.42 Å². The SMILES string of the molecule is CN1c2ccc(Cl)cc2C(c2ccccc2)=C(C(=O)NCCc2ccccc2)S1(=O)=O. The number of fused-ring (bicyclic) bond motifs is 1. The van der Waals surface area contributed by atoms with E-state index in [1.807, 2.05) is 48.5 Å². The molecule has 5 nitrogen and oxygen atoms in total. The van der Waals surface area contributed by atoms with Crippen molar-refractivity contribution in [3.63, 3.8) is 0 Å². The second-order valence-corrected chi connectivity index (χ2v) is 9.54. The molecule has 0 saturated heterocycles. The second kappa shape index (κ2) is 8.57. The molecule has 3 aromatic carbocycles. The first-order valence-corrected chi connectivity index (χ1v) is 11.6. The van der Waals surface area contributed by atoms with Crippen LogP contribution in [-0.4, -0.2) is 27.9 Å². The number of carbonyl (C=O) groups is 1. The smallest absolute Gasteiger partial charge is 0.270 e. The average Bonchev–Trinajstić information content (AvgIpc) is 2.77. The maximum Gasteiger partial charge on any atom is 0.270 e. The summed E-state index contributed by atoms with van der Waals surface area (Å²) >= 11 is 6.24. The number of carbonyl (C=O) groups excluding carboxylic acids is 1. The summed E-state index contributed by atoms with van der Waals surface area (Å²) in [6.07, 6.45) is 0.596. The van der Waals surface area contributed by atoms with Gasteiger partial charge in [-0.2, -0.15) is 0 Å². The van der Waals surface area contributed by atoms with Gasteiger partial charge in [-0.15, -0.1) is 0 Å². The molecule has 3 aromatic rings. The molecule has 0 atom stereocenters. The molecule has 1 amide bonds. The minimum atomic E-state index is -4.06. The number of sulfonamides is 1. The Morgan fingerprint density at radius 1 is 0.968 bits per heavy atom. The van der Waals surface area contributed by atoms with Crippen LogP contribution in [0.25, 0.3) is 5.57 Å². The van der Waals surface area contributed by atoms with Gasteiger partial charge in [0.2, 0.25) is 0 Å². The predicted octanol–water partition coefficient (Wildman–Crippen LogP) is 4.24. The normalized spacial score (nSPS) is 14.8. The van der Waals surface area contributed by atoms with Crippen LogP contribution in [0.5, 0.6) is 0 Å². The first kappa shape index (κ1) is 21.2. The number of halogens is 1. The quantitative estimate of drug-likeness (QED) is 0.629. The van der Waals surface area contributed by atoms with Crippen molar-refractivity contribution in [1.29, 1.82) is 0 Å². The zero-order chi connectivity index (χ0) is 22.0. The van der Waals surface area contributed by atoms with E-state index in [9.17, 15) is 13.2 Å². The third-order valence-electron chi connectivity index (χ3n) is 5.22. The first-order chi connectivity index (χ1) is 14.9. The molecule has 0 fully saturated rings. The Labute approximate surface area is 187 Å². The molecule has 1 N–H and O–H groups in total. The Morgan fingerprint density at radius 2 is 1.61 bits per heavy atom. The molecule has 1 heterocycles. The molecule has 0 saturated carbocycles. The molecule has 0 aliphatic carbocycles. The molecule has 1 aliphatic heterocycles. The Hall–Kier alpha value is -3.09. The number of nitrogens with one attached hydrogen (secondary N) is 1. The number of hydrogen-bond acceptors (Lipinski definition) is 3. The predicted molar refractivity (Wildman–Crippen MR) is 124 cm³/mol. The lowest BCUT2D eigenvalue weighted by molar-refractivity contribution is -0.116. The molecule has 0 aromatic heterocycles. The summed E-state index contributed by atoms with van der Waals surface area (Å²) in [6, 6.07) is 23.7. The highest BCUT2D eigenvalue weighted by Gasteiger charge is 2.39. The number of benzene rings is 3. The van der Waals surface area contributed by atoms with Crippen LogP contribution in [-0.2, 0) is 21.2 Å². The topological polar surface area (TPSA) is 66.5 Å². The molecule has 4 rings (SSSR count). The van der Waals surface area contributed by atoms with Gasteiger partial charge in [0.05, 0.1) is 5.69 Å². The third kappa shape index (κ3) is 4.09. The minimum Gasteiger partial charge on any atom is -0.351 e. The van der Waals surface area contributed by atoms with E-state index in [1.54, 1.807) is 30.3 Å². The number of anilines is 1. The van der Waals surface area contributed by atoms with Crippen molar-refractivity contribution in [3.05, 3.63) is 105 Å². The Bertz CT molecular complexity index is 1260. The Balaban J connectivity index is 1.80. The van der Waals surface area contributed by atoms with Crippen molar-refractivity contribution in [2.75, 3.05) is 17.9 Å². The Kier molecular flexibility index (Phi) is 5.85. The summed E-state index contributed by atoms with van der Waals surface area (Å²) in [7, 11) is -2.62. The fourth-order valence-electron chi connectivity index (χ4n) is 3.67. The average molecular weight is 453 g/mol. The van der Waals surface area contributed by atoms with Gasteiger partial charge >= 0.3 is 0 Å². The number of amides is 1. The molecule has 0 bridgehead atoms. The van der Waals surface area contributed by atoms with Gasteiger partial charge in [0.1, 0.15) is 0 Å². The summed E-state index contributed by atoms with van der Waals surface area (Å²) in [5, 5.41) is 3.25. The highest BCUT2D eigenvalue weighted by atomic mass is 35.5. The highest BCUT2D eigenvalue weighted by molar-refractivity contribution is 7.97. The summed E-state index contributed by atoms with van der Waals surface area (Å²) in [5.74, 6) is -0.632. The van der Waals surface area contributed by atoms with Crippen molar-refractivity contribution >= 4 is 38.8 Å². The number of rotatable bonds is 5. The summed E-state index contributed by atoms with van der Waals surface area (Å²) in [6.45, 7) is 0.316. The van der Waals surface area contributed by atoms with E-state index in [-0.39, 0.29) is 4.91 Å². The van der Waals surface area contributed by atoms with E-state index in [1.165, 1.54) is 7.05 Å². The van der Waals surface area contributed by atoms with Crippen LogP contribution in [0, 0.1) is 0 Å². The molecule has 0 radical (unpaired) electrons. The van der Waals surface area contributed by atoms with Crippen molar-refractivity contribution in [2.24, 2.45) is 0 Å². The lowest BCUT2D eigenvalue weighted by Gasteiger charge is -2.31. The van der Waals surface area contributed by atoms with Gasteiger partial charge in [0, 0.05) is 29.8 Å². The van der Waals surface area contributed by atoms with E-state index in [0.29, 0.717) is 40.4 Å². The van der Waals surface area contributed by atoms with Gasteiger partial charge in [0.25, 0.3) is 15.9 Å². The molecule has 7 heteroatoms. The molecule has 1 aliphatic rings. The van der Waals surface area contributed by atoms with E-state index < -0.39 is 15.9 Å². The van der Waals surface area contributed by atoms with Gasteiger partial charge in [-0.3, -0.25) is 9.10 Å². The molecular formula is C24H21ClN2O3S. The standard InChI is InChI=1S/C24H21ClN2O3S/c1-27-21-13-12-19(25)16-20(21)22(18-10-6-3-7-11-18)23(31(27,29)30)24(28)26-15-14-17-8-4-2-5-9-17/h2-13,16H,14-15H2,1H3,(H,26,28). The summed E-state index contributed by atoms with van der Waals surface area (Å²) < 4.78 is 27.9. The van der Waals surface area contributed by atoms with E-state index in [0.717, 1.165) is 9.87 Å². The van der Waals surface area contributed by atoms with Gasteiger partial charge in [-0.1, -0.05) is 72.3 Å². The van der Waals surface area contributed by atoms with Gasteiger partial charge in [0.15, 0.2) is 4.91 Å². The lowest BCUT2D eigenvalue weighted by Crippen LogP contribution is -2.40. The minimum absolute atomic E-state index is 0.274. The van der Waals surface area contributed by atoms with E-state index >= 15 is 0 Å². The lowest BCUT2D eigenvalue weighted by atomic mass is 9.95. The molecule has 0 spiro atoms. The zero-order valence-electron chi connectivity index (χ0n) is 16.9. The number of hydrogen-bond donors (Lipinski definition) is 1. The number of nitrogens with zero attached hydrogens (tertiary/aromatic N) is 1. The fourth-order valence-corrected chi connectivity index (χ4v) is 5.32. The molecule has 31 heavy (non-hydrogen) atoms. The van der Waals surface area contributed by atoms with Crippen LogP contribution in [0.4, 0.5) is 5.69 Å². The molecular weight excluding hydrogens is 432 g/mol. The fraction of sp³-hybridized carbons (Fsp3) is 0.125. The summed E-state index contributed by atoms with van der Waals surface area (Å²) in [4.78, 5) is 12.9. The van der Waals surface area contributed by atoms with Crippen molar-refractivity contribution in [3.8, 4) is 0 Å². The van der Waals surface area contributed by atoms with Gasteiger partial charge in [-0.05, 0) is 35.7 Å². The maximum atomic E-state index is 13.4. The van der Waals surface area contributed by atoms with Crippen LogP contribution in [0.15, 0.2) is 83.8 Å². The van der Waals surface area contributed by atoms with Crippen LogP contribution >= 0.6 is 11.6 Å². The Morgan fingerprint density at radius 3 is 2.29 bits per heavy atom. The highest BCUT2D eigenvalue weighted by Crippen LogP contribution is 2.43. The summed E-state index contributed by atoms with van der Waals surface area (Å²) in [5.41, 5.74) is 3.12. The van der Waals surface area contributed by atoms with Gasteiger partial charge < -0.3 is 5.32 Å².